The van der Waals surface area contributed by atoms with E-state index in [1.165, 1.54) is 12.2 Å². The summed E-state index contributed by atoms with van der Waals surface area (Å²) in [4.78, 5) is 21.7. The fraction of sp³-hybridized carbons (Fsp3) is 0.231. The summed E-state index contributed by atoms with van der Waals surface area (Å²) in [6.45, 7) is 0.419. The van der Waals surface area contributed by atoms with Crippen molar-refractivity contribution in [3.05, 3.63) is 68.9 Å². The number of methoxy groups -OCH3 is 1. The van der Waals surface area contributed by atoms with E-state index in [4.69, 9.17) is 4.74 Å². The molecule has 0 bridgehead atoms. The van der Waals surface area contributed by atoms with Crippen molar-refractivity contribution in [1.29, 1.82) is 0 Å². The van der Waals surface area contributed by atoms with Gasteiger partial charge in [0.05, 0.1) is 28.9 Å². The Kier molecular flexibility index (Phi) is 4.21. The Morgan fingerprint density at radius 2 is 2.10 bits per heavy atom. The SMILES string of the molecule is COc1ccc(CNC2C=C([N+](=O)[O-])C=C[N+]2=O)cc1. The summed E-state index contributed by atoms with van der Waals surface area (Å²) in [6, 6.07) is 7.34. The predicted octanol–water partition coefficient (Wildman–Crippen LogP) is 1.58. The maximum absolute atomic E-state index is 11.6. The van der Waals surface area contributed by atoms with Gasteiger partial charge in [-0.15, -0.1) is 0 Å². The molecule has 104 valence electrons. The second-order valence-corrected chi connectivity index (χ2v) is 4.20. The minimum absolute atomic E-state index is 0.0932. The van der Waals surface area contributed by atoms with E-state index in [2.05, 4.69) is 5.32 Å². The quantitative estimate of drug-likeness (QED) is 0.501. The molecule has 0 fully saturated rings. The van der Waals surface area contributed by atoms with E-state index in [1.807, 2.05) is 24.3 Å². The number of nitrogens with one attached hydrogen (secondary N) is 1. The van der Waals surface area contributed by atoms with Gasteiger partial charge in [-0.25, -0.2) is 5.32 Å². The molecule has 0 aliphatic carbocycles. The van der Waals surface area contributed by atoms with Gasteiger partial charge in [-0.3, -0.25) is 10.1 Å². The van der Waals surface area contributed by atoms with Crippen molar-refractivity contribution in [2.45, 2.75) is 12.7 Å². The molecular weight excluding hydrogens is 262 g/mol. The molecule has 7 nitrogen and oxygen atoms in total. The number of hydrogen-bond acceptors (Lipinski definition) is 5. The van der Waals surface area contributed by atoms with E-state index >= 15 is 0 Å². The van der Waals surface area contributed by atoms with Gasteiger partial charge in [0, 0.05) is 11.5 Å². The molecule has 20 heavy (non-hydrogen) atoms. The van der Waals surface area contributed by atoms with Gasteiger partial charge in [0.15, 0.2) is 0 Å². The molecule has 0 spiro atoms. The molecule has 1 aliphatic rings. The second-order valence-electron chi connectivity index (χ2n) is 4.20. The molecule has 0 saturated heterocycles. The van der Waals surface area contributed by atoms with E-state index in [0.717, 1.165) is 17.5 Å². The number of nitroso groups, excluding NO2 is 1. The molecule has 1 heterocycles. The second kappa shape index (κ2) is 6.07. The Balaban J connectivity index is 2.00. The summed E-state index contributed by atoms with van der Waals surface area (Å²) < 4.78 is 5.68. The van der Waals surface area contributed by atoms with Crippen molar-refractivity contribution in [2.75, 3.05) is 7.11 Å². The molecule has 1 N–H and O–H groups in total. The van der Waals surface area contributed by atoms with Crippen LogP contribution < -0.4 is 10.1 Å². The third kappa shape index (κ3) is 3.27. The smallest absolute Gasteiger partial charge is 0.286 e. The molecule has 7 heteroatoms. The van der Waals surface area contributed by atoms with E-state index < -0.39 is 11.1 Å². The average Bonchev–Trinajstić information content (AvgIpc) is 2.46. The zero-order valence-electron chi connectivity index (χ0n) is 10.9. The third-order valence-electron chi connectivity index (χ3n) is 2.88. The van der Waals surface area contributed by atoms with Crippen molar-refractivity contribution in [3.63, 3.8) is 0 Å². The number of rotatable bonds is 5. The van der Waals surface area contributed by atoms with Crippen LogP contribution in [0.15, 0.2) is 48.3 Å². The van der Waals surface area contributed by atoms with Crippen LogP contribution in [0.5, 0.6) is 5.75 Å². The van der Waals surface area contributed by atoms with Crippen molar-refractivity contribution < 1.29 is 14.4 Å². The summed E-state index contributed by atoms with van der Waals surface area (Å²) in [5, 5.41) is 13.6. The Morgan fingerprint density at radius 1 is 1.40 bits per heavy atom. The largest absolute Gasteiger partial charge is 0.497 e. The molecule has 0 saturated carbocycles. The van der Waals surface area contributed by atoms with Crippen LogP contribution in [-0.2, 0) is 6.54 Å². The van der Waals surface area contributed by atoms with Crippen LogP contribution in [0.4, 0.5) is 0 Å². The topological polar surface area (TPSA) is 84.5 Å². The zero-order valence-corrected chi connectivity index (χ0v) is 10.9. The van der Waals surface area contributed by atoms with Crippen molar-refractivity contribution in [2.24, 2.45) is 0 Å². The molecule has 1 atom stereocenters. The van der Waals surface area contributed by atoms with E-state index in [9.17, 15) is 15.0 Å². The minimum Gasteiger partial charge on any atom is -0.497 e. The lowest BCUT2D eigenvalue weighted by molar-refractivity contribution is -0.522. The highest BCUT2D eigenvalue weighted by atomic mass is 16.6. The lowest BCUT2D eigenvalue weighted by Crippen LogP contribution is -2.36. The summed E-state index contributed by atoms with van der Waals surface area (Å²) in [6.07, 6.45) is 2.86. The van der Waals surface area contributed by atoms with E-state index in [0.29, 0.717) is 11.3 Å². The maximum atomic E-state index is 11.6. The average molecular weight is 276 g/mol. The molecule has 1 aromatic carbocycles. The van der Waals surface area contributed by atoms with Gasteiger partial charge in [-0.1, -0.05) is 12.1 Å². The first-order valence-corrected chi connectivity index (χ1v) is 5.96. The van der Waals surface area contributed by atoms with Crippen LogP contribution in [0.25, 0.3) is 0 Å². The normalized spacial score (nSPS) is 17.8. The first-order valence-electron chi connectivity index (χ1n) is 5.96. The molecule has 1 aliphatic heterocycles. The monoisotopic (exact) mass is 276 g/mol. The molecule has 0 amide bonds. The summed E-state index contributed by atoms with van der Waals surface area (Å²) >= 11 is 0. The third-order valence-corrected chi connectivity index (χ3v) is 2.88. The fourth-order valence-electron chi connectivity index (χ4n) is 1.77. The lowest BCUT2D eigenvalue weighted by Gasteiger charge is -2.09. The highest BCUT2D eigenvalue weighted by molar-refractivity contribution is 5.27. The Hall–Kier alpha value is -2.54. The standard InChI is InChI=1S/C13H14N3O4/c1-20-12-4-2-10(3-5-12)9-14-13-8-11(16(18)19)6-7-15(13)17/h2-8,13-14H,9H2,1H3/q+1. The van der Waals surface area contributed by atoms with Crippen LogP contribution in [0.3, 0.4) is 0 Å². The summed E-state index contributed by atoms with van der Waals surface area (Å²) in [7, 11) is 1.58. The van der Waals surface area contributed by atoms with Crippen molar-refractivity contribution in [3.8, 4) is 5.75 Å². The highest BCUT2D eigenvalue weighted by Crippen LogP contribution is 2.12. The first-order chi connectivity index (χ1) is 9.60. The van der Waals surface area contributed by atoms with Gasteiger partial charge in [-0.05, 0) is 17.7 Å². The van der Waals surface area contributed by atoms with Crippen LogP contribution in [0, 0.1) is 15.0 Å². The number of hydrogen-bond donors (Lipinski definition) is 1. The molecule has 1 aromatic rings. The van der Waals surface area contributed by atoms with Gasteiger partial charge in [0.1, 0.15) is 5.75 Å². The number of benzene rings is 1. The Morgan fingerprint density at radius 3 is 2.70 bits per heavy atom. The van der Waals surface area contributed by atoms with Gasteiger partial charge < -0.3 is 4.74 Å². The number of nitro groups is 1. The highest BCUT2D eigenvalue weighted by Gasteiger charge is 2.28. The van der Waals surface area contributed by atoms with Crippen LogP contribution >= 0.6 is 0 Å². The number of ether oxygens (including phenoxy) is 1. The number of allylic oxidation sites excluding steroid dienone is 1. The van der Waals surface area contributed by atoms with E-state index in [1.54, 1.807) is 7.11 Å². The van der Waals surface area contributed by atoms with Crippen molar-refractivity contribution in [1.82, 2.24) is 5.32 Å². The lowest BCUT2D eigenvalue weighted by atomic mass is 10.2. The maximum Gasteiger partial charge on any atom is 0.286 e. The molecule has 1 unspecified atom stereocenters. The van der Waals surface area contributed by atoms with Crippen LogP contribution in [-0.4, -0.2) is 23.0 Å². The Labute approximate surface area is 115 Å². The summed E-state index contributed by atoms with van der Waals surface area (Å²) in [5.41, 5.74) is 0.856. The molecule has 0 aromatic heterocycles. The van der Waals surface area contributed by atoms with Gasteiger partial charge in [0.2, 0.25) is 6.20 Å². The van der Waals surface area contributed by atoms with E-state index in [-0.39, 0.29) is 5.70 Å². The molecular formula is C13H14N3O4+. The van der Waals surface area contributed by atoms with Crippen LogP contribution in [0.1, 0.15) is 5.56 Å². The van der Waals surface area contributed by atoms with Crippen LogP contribution in [0.2, 0.25) is 0 Å². The predicted molar refractivity (Wildman–Crippen MR) is 71.5 cm³/mol. The van der Waals surface area contributed by atoms with Gasteiger partial charge in [0.25, 0.3) is 11.9 Å². The molecule has 0 radical (unpaired) electrons. The first kappa shape index (κ1) is 13.9. The minimum atomic E-state index is -0.748. The van der Waals surface area contributed by atoms with Gasteiger partial charge in [-0.2, -0.15) is 0 Å². The summed E-state index contributed by atoms with van der Waals surface area (Å²) in [5.74, 6) is 0.746. The van der Waals surface area contributed by atoms with Crippen molar-refractivity contribution >= 4 is 0 Å². The molecule has 2 rings (SSSR count). The fourth-order valence-corrected chi connectivity index (χ4v) is 1.77. The zero-order chi connectivity index (χ0) is 14.5. The Bertz CT molecular complexity index is 578. The number of nitrogens with zero attached hydrogens (tertiary/aromatic N) is 2. The van der Waals surface area contributed by atoms with Gasteiger partial charge >= 0.3 is 0 Å².